The lowest BCUT2D eigenvalue weighted by Crippen LogP contribution is -2.50. The molecule has 71 heavy (non-hydrogen) atoms. The number of hydrogen-bond acceptors (Lipinski definition) is 10. The SMILES string of the molecule is O=C(NCc1ccc(S(=O)(=O)N2CCN(C(=O)c3c(Cl)cccc3Cl)CC2)s1)c1ccc(Cl)cc1.O=C(NCc1ccc(S(=O)(=O)N2CCN(C(=O)c3c(F)cc(F)cc3F)CC2)s1)c1ccc(Cl)cc1. The summed E-state index contributed by atoms with van der Waals surface area (Å²) in [7, 11) is -7.62. The fourth-order valence-electron chi connectivity index (χ4n) is 7.21. The Labute approximate surface area is 434 Å². The van der Waals surface area contributed by atoms with Gasteiger partial charge in [0.2, 0.25) is 0 Å². The highest BCUT2D eigenvalue weighted by Crippen LogP contribution is 2.30. The number of nitrogens with zero attached hydrogens (tertiary/aromatic N) is 4. The van der Waals surface area contributed by atoms with Gasteiger partial charge in [-0.25, -0.2) is 30.0 Å². The first-order valence-electron chi connectivity index (χ1n) is 21.2. The van der Waals surface area contributed by atoms with Crippen molar-refractivity contribution in [2.45, 2.75) is 21.5 Å². The lowest BCUT2D eigenvalue weighted by molar-refractivity contribution is 0.0684. The summed E-state index contributed by atoms with van der Waals surface area (Å²) in [4.78, 5) is 53.9. The molecule has 14 nitrogen and oxygen atoms in total. The molecule has 2 saturated heterocycles. The molecular formula is C46H39Cl4F3N6O8S4. The molecule has 2 aliphatic heterocycles. The van der Waals surface area contributed by atoms with Crippen LogP contribution in [0.25, 0.3) is 0 Å². The smallest absolute Gasteiger partial charge is 0.259 e. The molecule has 0 spiro atoms. The molecule has 4 amide bonds. The number of carbonyl (C=O) groups is 4. The Bertz CT molecular complexity index is 3140. The van der Waals surface area contributed by atoms with Gasteiger partial charge in [0.1, 0.15) is 31.4 Å². The van der Waals surface area contributed by atoms with Gasteiger partial charge in [-0.05, 0) is 84.9 Å². The zero-order valence-corrected chi connectivity index (χ0v) is 43.0. The molecular weight excluding hydrogens is 1090 g/mol. The summed E-state index contributed by atoms with van der Waals surface area (Å²) in [5.41, 5.74) is 0.216. The van der Waals surface area contributed by atoms with E-state index in [0.717, 1.165) is 27.6 Å². The Hall–Kier alpha value is -5.07. The second-order valence-electron chi connectivity index (χ2n) is 15.6. The number of halogens is 7. The number of nitrogens with one attached hydrogen (secondary N) is 2. The minimum Gasteiger partial charge on any atom is -0.347 e. The van der Waals surface area contributed by atoms with E-state index in [1.165, 1.54) is 20.7 Å². The van der Waals surface area contributed by atoms with Crippen LogP contribution in [0.15, 0.2) is 112 Å². The molecule has 2 aliphatic rings. The van der Waals surface area contributed by atoms with Crippen LogP contribution in [0.5, 0.6) is 0 Å². The number of hydrogen-bond donors (Lipinski definition) is 2. The molecule has 0 saturated carbocycles. The zero-order chi connectivity index (χ0) is 51.2. The van der Waals surface area contributed by atoms with Gasteiger partial charge in [-0.15, -0.1) is 22.7 Å². The van der Waals surface area contributed by atoms with Crippen molar-refractivity contribution >= 4 is 113 Å². The summed E-state index contributed by atoms with van der Waals surface area (Å²) in [6.07, 6.45) is 0. The highest BCUT2D eigenvalue weighted by Gasteiger charge is 2.35. The van der Waals surface area contributed by atoms with Gasteiger partial charge in [0.25, 0.3) is 43.7 Å². The van der Waals surface area contributed by atoms with E-state index in [0.29, 0.717) is 43.1 Å². The number of rotatable bonds is 12. The summed E-state index contributed by atoms with van der Waals surface area (Å²) in [6, 6.07) is 24.7. The fourth-order valence-corrected chi connectivity index (χ4v) is 13.8. The van der Waals surface area contributed by atoms with Gasteiger partial charge < -0.3 is 20.4 Å². The van der Waals surface area contributed by atoms with Crippen molar-refractivity contribution in [1.82, 2.24) is 29.0 Å². The summed E-state index contributed by atoms with van der Waals surface area (Å²) in [5, 5.41) is 7.04. The average molecular weight is 1130 g/mol. The van der Waals surface area contributed by atoms with Crippen LogP contribution in [0.1, 0.15) is 51.2 Å². The van der Waals surface area contributed by atoms with Crippen molar-refractivity contribution in [3.63, 3.8) is 0 Å². The van der Waals surface area contributed by atoms with Crippen molar-refractivity contribution in [3.05, 3.63) is 173 Å². The molecule has 0 unspecified atom stereocenters. The molecule has 374 valence electrons. The van der Waals surface area contributed by atoms with Crippen LogP contribution in [-0.2, 0) is 33.1 Å². The lowest BCUT2D eigenvalue weighted by atomic mass is 10.1. The van der Waals surface area contributed by atoms with Crippen LogP contribution in [0, 0.1) is 17.5 Å². The first kappa shape index (κ1) is 53.7. The number of benzene rings is 4. The van der Waals surface area contributed by atoms with Gasteiger partial charge >= 0.3 is 0 Å². The molecule has 0 bridgehead atoms. The predicted octanol–water partition coefficient (Wildman–Crippen LogP) is 8.68. The van der Waals surface area contributed by atoms with E-state index in [1.807, 2.05) is 0 Å². The van der Waals surface area contributed by atoms with Gasteiger partial charge in [0, 0.05) is 95.4 Å². The van der Waals surface area contributed by atoms with Crippen LogP contribution in [-0.4, -0.2) is 111 Å². The van der Waals surface area contributed by atoms with Gasteiger partial charge in [0.15, 0.2) is 0 Å². The maximum absolute atomic E-state index is 14.0. The summed E-state index contributed by atoms with van der Waals surface area (Å²) >= 11 is 26.0. The molecule has 4 heterocycles. The largest absolute Gasteiger partial charge is 0.347 e. The summed E-state index contributed by atoms with van der Waals surface area (Å²) in [5.74, 6) is -5.69. The highest BCUT2D eigenvalue weighted by molar-refractivity contribution is 7.91. The second kappa shape index (κ2) is 23.2. The number of carbonyl (C=O) groups excluding carboxylic acids is 4. The minimum absolute atomic E-state index is 0.0636. The number of sulfonamides is 2. The molecule has 2 N–H and O–H groups in total. The number of amides is 4. The Morgan fingerprint density at radius 2 is 0.873 bits per heavy atom. The van der Waals surface area contributed by atoms with Gasteiger partial charge in [-0.3, -0.25) is 19.2 Å². The van der Waals surface area contributed by atoms with Crippen LogP contribution in [0.4, 0.5) is 13.2 Å². The Morgan fingerprint density at radius 1 is 0.507 bits per heavy atom. The zero-order valence-electron chi connectivity index (χ0n) is 36.7. The molecule has 2 fully saturated rings. The standard InChI is InChI=1S/C23H20Cl3N3O4S2.C23H19ClF3N3O4S2/c24-16-6-4-15(5-7-16)22(30)27-14-17-8-9-20(34-17)35(32,33)29-12-10-28(11-13-29)23(31)21-18(25)2-1-3-19(21)26;24-15-3-1-14(2-4-15)22(31)28-13-17-5-6-20(35-17)36(33,34)30-9-7-29(8-10-30)23(32)21-18(26)11-16(25)12-19(21)27/h1-9H,10-14H2,(H,27,30);1-6,11-12H,7-10,13H2,(H,28,31). The number of thiophene rings is 2. The van der Waals surface area contributed by atoms with Crippen molar-refractivity contribution in [1.29, 1.82) is 0 Å². The molecule has 6 aromatic rings. The molecule has 25 heteroatoms. The second-order valence-corrected chi connectivity index (χ2v) is 23.9. The third-order valence-corrected chi connectivity index (χ3v) is 19.0. The Morgan fingerprint density at radius 3 is 1.25 bits per heavy atom. The van der Waals surface area contributed by atoms with Crippen molar-refractivity contribution in [2.24, 2.45) is 0 Å². The maximum Gasteiger partial charge on any atom is 0.259 e. The quantitative estimate of drug-likeness (QED) is 0.123. The van der Waals surface area contributed by atoms with Crippen molar-refractivity contribution in [2.75, 3.05) is 52.4 Å². The van der Waals surface area contributed by atoms with Gasteiger partial charge in [-0.1, -0.05) is 52.5 Å². The molecule has 0 radical (unpaired) electrons. The summed E-state index contributed by atoms with van der Waals surface area (Å²) < 4.78 is 96.2. The average Bonchev–Trinajstić information content (AvgIpc) is 4.05. The van der Waals surface area contributed by atoms with Crippen LogP contribution < -0.4 is 10.6 Å². The maximum atomic E-state index is 14.0. The summed E-state index contributed by atoms with van der Waals surface area (Å²) in [6.45, 7) is 0.699. The molecule has 0 atom stereocenters. The predicted molar refractivity (Wildman–Crippen MR) is 266 cm³/mol. The highest BCUT2D eigenvalue weighted by atomic mass is 35.5. The monoisotopic (exact) mass is 1130 g/mol. The van der Waals surface area contributed by atoms with Crippen molar-refractivity contribution in [3.8, 4) is 0 Å². The Balaban J connectivity index is 0.000000209. The van der Waals surface area contributed by atoms with Gasteiger partial charge in [-0.2, -0.15) is 8.61 Å². The van der Waals surface area contributed by atoms with Crippen LogP contribution >= 0.6 is 69.1 Å². The van der Waals surface area contributed by atoms with E-state index in [9.17, 15) is 49.2 Å². The molecule has 2 aromatic heterocycles. The molecule has 0 aliphatic carbocycles. The van der Waals surface area contributed by atoms with Crippen molar-refractivity contribution < 1.29 is 49.2 Å². The first-order chi connectivity index (χ1) is 33.7. The number of piperazine rings is 2. The molecule has 8 rings (SSSR count). The molecule has 4 aromatic carbocycles. The van der Waals surface area contributed by atoms with E-state index < -0.39 is 49.0 Å². The van der Waals surface area contributed by atoms with E-state index in [1.54, 1.807) is 83.8 Å². The Kier molecular flexibility index (Phi) is 17.6. The topological polar surface area (TPSA) is 174 Å². The van der Waals surface area contributed by atoms with Crippen LogP contribution in [0.3, 0.4) is 0 Å². The van der Waals surface area contributed by atoms with E-state index >= 15 is 0 Å². The third kappa shape index (κ3) is 12.9. The van der Waals surface area contributed by atoms with E-state index in [2.05, 4.69) is 10.6 Å². The van der Waals surface area contributed by atoms with E-state index in [-0.39, 0.29) is 107 Å². The lowest BCUT2D eigenvalue weighted by Gasteiger charge is -2.34. The third-order valence-electron chi connectivity index (χ3n) is 11.0. The normalized spacial score (nSPS) is 14.6. The van der Waals surface area contributed by atoms with Gasteiger partial charge in [0.05, 0.1) is 28.7 Å². The first-order valence-corrected chi connectivity index (χ1v) is 27.2. The minimum atomic E-state index is -3.88. The van der Waals surface area contributed by atoms with Crippen LogP contribution in [0.2, 0.25) is 20.1 Å². The van der Waals surface area contributed by atoms with E-state index in [4.69, 9.17) is 46.4 Å². The fraction of sp³-hybridized carbons (Fsp3) is 0.217.